The second-order valence-corrected chi connectivity index (χ2v) is 10.7. The zero-order valence-corrected chi connectivity index (χ0v) is 26.6. The first kappa shape index (κ1) is 36.0. The Hall–Kier alpha value is -5.88. The lowest BCUT2D eigenvalue weighted by molar-refractivity contribution is -0.137. The van der Waals surface area contributed by atoms with Gasteiger partial charge in [-0.05, 0) is 73.5 Å². The van der Waals surface area contributed by atoms with Crippen LogP contribution in [0.3, 0.4) is 0 Å². The molecular weight excluding hydrogens is 663 g/mol. The van der Waals surface area contributed by atoms with Crippen molar-refractivity contribution in [3.05, 3.63) is 102 Å². The van der Waals surface area contributed by atoms with Gasteiger partial charge in [0.05, 0.1) is 22.5 Å². The Labute approximate surface area is 284 Å². The van der Waals surface area contributed by atoms with Crippen molar-refractivity contribution in [3.8, 4) is 17.7 Å². The monoisotopic (exact) mass is 693 g/mol. The van der Waals surface area contributed by atoms with E-state index in [4.69, 9.17) is 21.6 Å². The third kappa shape index (κ3) is 12.0. The Morgan fingerprint density at radius 2 is 1.63 bits per heavy atom. The lowest BCUT2D eigenvalue weighted by Crippen LogP contribution is -2.27. The van der Waals surface area contributed by atoms with Gasteiger partial charge in [-0.15, -0.1) is 0 Å². The maximum Gasteiger partial charge on any atom is 0.417 e. The van der Waals surface area contributed by atoms with Gasteiger partial charge < -0.3 is 26.0 Å². The zero-order chi connectivity index (χ0) is 35.1. The molecule has 0 aliphatic carbocycles. The molecular formula is C33H31ClF3N9O3. The van der Waals surface area contributed by atoms with Crippen molar-refractivity contribution in [1.29, 1.82) is 5.26 Å². The van der Waals surface area contributed by atoms with Crippen LogP contribution in [0.1, 0.15) is 41.7 Å². The fourth-order valence-electron chi connectivity index (χ4n) is 4.27. The van der Waals surface area contributed by atoms with Crippen molar-refractivity contribution >= 4 is 46.6 Å². The number of amides is 3. The summed E-state index contributed by atoms with van der Waals surface area (Å²) in [6, 6.07) is 15.2. The first-order valence-corrected chi connectivity index (χ1v) is 15.3. The van der Waals surface area contributed by atoms with Crippen molar-refractivity contribution in [3.63, 3.8) is 0 Å². The minimum Gasteiger partial charge on any atom is -0.457 e. The average Bonchev–Trinajstić information content (AvgIpc) is 3.07. The molecule has 2 aromatic carbocycles. The second kappa shape index (κ2) is 17.9. The number of guanidine groups is 1. The molecule has 0 aliphatic heterocycles. The van der Waals surface area contributed by atoms with Gasteiger partial charge >= 0.3 is 12.2 Å². The number of rotatable bonds is 13. The highest BCUT2D eigenvalue weighted by molar-refractivity contribution is 6.31. The van der Waals surface area contributed by atoms with E-state index in [1.54, 1.807) is 48.8 Å². The molecule has 0 atom stereocenters. The van der Waals surface area contributed by atoms with Crippen molar-refractivity contribution in [2.75, 3.05) is 29.0 Å². The number of pyridine rings is 2. The van der Waals surface area contributed by atoms with Crippen molar-refractivity contribution in [1.82, 2.24) is 20.6 Å². The molecule has 0 saturated carbocycles. The van der Waals surface area contributed by atoms with Gasteiger partial charge in [0.25, 0.3) is 5.91 Å². The lowest BCUT2D eigenvalue weighted by atomic mass is 10.2. The van der Waals surface area contributed by atoms with E-state index in [2.05, 4.69) is 41.5 Å². The standard InChI is InChI=1S/C33H31ClF3N9O3/c34-28-12-9-23(18-27(28)33(35,36)37)46-32(48)45-22-7-10-25(11-8-22)49-26-13-17-40-29(19-26)30(47)41-15-3-1-2-4-16-42-31(43-21-38)44-24-6-5-14-39-20-24/h5-14,17-20H,1-4,15-16H2,(H,41,47)(H2,42,43,44)(H2,45,46,48). The number of alkyl halides is 3. The maximum atomic E-state index is 13.1. The Bertz CT molecular complexity index is 1780. The Balaban J connectivity index is 1.16. The van der Waals surface area contributed by atoms with Gasteiger partial charge in [-0.25, -0.2) is 4.79 Å². The van der Waals surface area contributed by atoms with Gasteiger partial charge in [0.1, 0.15) is 17.2 Å². The van der Waals surface area contributed by atoms with E-state index in [9.17, 15) is 22.8 Å². The highest BCUT2D eigenvalue weighted by atomic mass is 35.5. The lowest BCUT2D eigenvalue weighted by Gasteiger charge is -2.12. The number of urea groups is 1. The van der Waals surface area contributed by atoms with Gasteiger partial charge in [0.2, 0.25) is 5.96 Å². The Kier molecular flexibility index (Phi) is 13.1. The zero-order valence-electron chi connectivity index (χ0n) is 25.9. The topological polar surface area (TPSA) is 165 Å². The number of carbonyl (C=O) groups excluding carboxylic acids is 2. The molecule has 5 N–H and O–H groups in total. The number of nitrogens with one attached hydrogen (secondary N) is 5. The van der Waals surface area contributed by atoms with Gasteiger partial charge in [-0.2, -0.15) is 18.4 Å². The molecule has 0 spiro atoms. The van der Waals surface area contributed by atoms with Gasteiger partial charge in [-0.3, -0.25) is 25.1 Å². The largest absolute Gasteiger partial charge is 0.457 e. The average molecular weight is 694 g/mol. The smallest absolute Gasteiger partial charge is 0.417 e. The van der Waals surface area contributed by atoms with Crippen LogP contribution in [0.4, 0.5) is 35.0 Å². The van der Waals surface area contributed by atoms with Gasteiger partial charge in [0, 0.05) is 42.9 Å². The van der Waals surface area contributed by atoms with Crippen LogP contribution in [0.25, 0.3) is 0 Å². The fourth-order valence-corrected chi connectivity index (χ4v) is 4.49. The number of nitrogens with zero attached hydrogens (tertiary/aromatic N) is 4. The number of ether oxygens (including phenoxy) is 1. The molecule has 4 aromatic rings. The minimum absolute atomic E-state index is 0.0796. The predicted molar refractivity (Wildman–Crippen MR) is 180 cm³/mol. The van der Waals surface area contributed by atoms with E-state index >= 15 is 0 Å². The van der Waals surface area contributed by atoms with E-state index in [1.807, 2.05) is 12.3 Å². The number of unbranched alkanes of at least 4 members (excludes halogenated alkanes) is 3. The number of carbonyl (C=O) groups is 2. The van der Waals surface area contributed by atoms with Crippen LogP contribution in [0, 0.1) is 11.5 Å². The number of hydrogen-bond donors (Lipinski definition) is 5. The number of anilines is 3. The Morgan fingerprint density at radius 3 is 2.37 bits per heavy atom. The number of nitriles is 1. The minimum atomic E-state index is -4.66. The highest BCUT2D eigenvalue weighted by Crippen LogP contribution is 2.36. The van der Waals surface area contributed by atoms with Crippen LogP contribution in [0.2, 0.25) is 5.02 Å². The van der Waals surface area contributed by atoms with Crippen molar-refractivity contribution in [2.24, 2.45) is 4.99 Å². The molecule has 2 aromatic heterocycles. The van der Waals surface area contributed by atoms with Gasteiger partial charge in [0.15, 0.2) is 6.19 Å². The summed E-state index contributed by atoms with van der Waals surface area (Å²) in [5.41, 5.74) is 0.111. The molecule has 0 fully saturated rings. The summed E-state index contributed by atoms with van der Waals surface area (Å²) in [6.07, 6.45) is 5.24. The van der Waals surface area contributed by atoms with Crippen LogP contribution >= 0.6 is 11.6 Å². The molecule has 4 rings (SSSR count). The molecule has 2 heterocycles. The maximum absolute atomic E-state index is 13.1. The summed E-state index contributed by atoms with van der Waals surface area (Å²) in [5.74, 6) is 0.772. The molecule has 0 saturated heterocycles. The predicted octanol–water partition coefficient (Wildman–Crippen LogP) is 7.41. The van der Waals surface area contributed by atoms with E-state index in [1.165, 1.54) is 18.3 Å². The highest BCUT2D eigenvalue weighted by Gasteiger charge is 2.33. The first-order valence-electron chi connectivity index (χ1n) is 14.9. The number of benzene rings is 2. The summed E-state index contributed by atoms with van der Waals surface area (Å²) < 4.78 is 45.1. The van der Waals surface area contributed by atoms with E-state index in [-0.39, 0.29) is 17.3 Å². The molecule has 0 aliphatic rings. The summed E-state index contributed by atoms with van der Waals surface area (Å²) in [7, 11) is 0. The number of aliphatic imine (C=N–C) groups is 1. The Morgan fingerprint density at radius 1 is 0.878 bits per heavy atom. The molecule has 254 valence electrons. The molecule has 12 nitrogen and oxygen atoms in total. The summed E-state index contributed by atoms with van der Waals surface area (Å²) in [6.45, 7) is 0.983. The molecule has 0 unspecified atom stereocenters. The molecule has 49 heavy (non-hydrogen) atoms. The summed E-state index contributed by atoms with van der Waals surface area (Å²) >= 11 is 5.62. The SMILES string of the molecule is N#CNC(=NCCCCCCNC(=O)c1cc(Oc2ccc(NC(=O)Nc3ccc(Cl)c(C(F)(F)F)c3)cc2)ccn1)Nc1cccnc1. The van der Waals surface area contributed by atoms with Crippen LogP contribution < -0.4 is 31.3 Å². The van der Waals surface area contributed by atoms with Crippen molar-refractivity contribution in [2.45, 2.75) is 31.9 Å². The van der Waals surface area contributed by atoms with E-state index in [0.29, 0.717) is 41.9 Å². The quantitative estimate of drug-likeness (QED) is 0.0317. The van der Waals surface area contributed by atoms with E-state index in [0.717, 1.165) is 37.8 Å². The number of aromatic nitrogens is 2. The van der Waals surface area contributed by atoms with Crippen LogP contribution in [0.5, 0.6) is 11.5 Å². The number of halogens is 4. The third-order valence-electron chi connectivity index (χ3n) is 6.58. The fraction of sp³-hybridized carbons (Fsp3) is 0.212. The second-order valence-electron chi connectivity index (χ2n) is 10.3. The molecule has 0 radical (unpaired) electrons. The van der Waals surface area contributed by atoms with Crippen LogP contribution in [-0.2, 0) is 6.18 Å². The summed E-state index contributed by atoms with van der Waals surface area (Å²) in [5, 5.41) is 21.7. The first-order chi connectivity index (χ1) is 23.6. The van der Waals surface area contributed by atoms with Crippen LogP contribution in [-0.4, -0.2) is 41.0 Å². The molecule has 16 heteroatoms. The van der Waals surface area contributed by atoms with Crippen LogP contribution in [0.15, 0.2) is 90.3 Å². The third-order valence-corrected chi connectivity index (χ3v) is 6.91. The summed E-state index contributed by atoms with van der Waals surface area (Å²) in [4.78, 5) is 37.5. The van der Waals surface area contributed by atoms with E-state index < -0.39 is 22.8 Å². The molecule has 0 bridgehead atoms. The molecule has 3 amide bonds. The normalized spacial score (nSPS) is 11.2. The van der Waals surface area contributed by atoms with Crippen molar-refractivity contribution < 1.29 is 27.5 Å². The number of hydrogen-bond acceptors (Lipinski definition) is 7. The van der Waals surface area contributed by atoms with Gasteiger partial charge in [-0.1, -0.05) is 24.4 Å².